The van der Waals surface area contributed by atoms with Crippen molar-refractivity contribution < 1.29 is 32.6 Å². The number of methoxy groups -OCH3 is 1. The molecular weight excluding hydrogens is 422 g/mol. The number of alkyl halides is 2. The first kappa shape index (κ1) is 21.5. The zero-order valence-corrected chi connectivity index (χ0v) is 16.7. The lowest BCUT2D eigenvalue weighted by molar-refractivity contribution is -0.130. The number of carbonyl (C=O) groups is 3. The number of amides is 3. The topological polar surface area (TPSA) is 84.9 Å². The minimum Gasteiger partial charge on any atom is -0.493 e. The van der Waals surface area contributed by atoms with Gasteiger partial charge in [-0.25, -0.2) is 4.79 Å². The fraction of sp³-hybridized carbons (Fsp3) is 0.250. The van der Waals surface area contributed by atoms with Crippen LogP contribution in [0, 0.1) is 0 Å². The molecule has 1 saturated heterocycles. The van der Waals surface area contributed by atoms with E-state index in [4.69, 9.17) is 16.3 Å². The summed E-state index contributed by atoms with van der Waals surface area (Å²) < 4.78 is 34.2. The summed E-state index contributed by atoms with van der Waals surface area (Å²) in [5, 5.41) is 3.06. The standard InChI is InChI=1S/C20H17ClF2N2O5/c1-20(12-4-6-13(21)7-5-12)17(27)25(19(28)24-20)10-14(26)11-3-8-15(30-18(22)23)16(9-11)29-2/h3-9,18H,10H2,1-2H3,(H,24,28)/t20-/m0/s1. The minimum atomic E-state index is -3.06. The summed E-state index contributed by atoms with van der Waals surface area (Å²) in [5.74, 6) is -1.51. The molecule has 1 heterocycles. The summed E-state index contributed by atoms with van der Waals surface area (Å²) in [7, 11) is 1.23. The Morgan fingerprint density at radius 1 is 1.17 bits per heavy atom. The molecule has 0 radical (unpaired) electrons. The molecular formula is C20H17ClF2N2O5. The van der Waals surface area contributed by atoms with Gasteiger partial charge in [0.15, 0.2) is 17.3 Å². The van der Waals surface area contributed by atoms with E-state index in [0.717, 1.165) is 11.0 Å². The van der Waals surface area contributed by atoms with Crippen molar-refractivity contribution in [2.24, 2.45) is 0 Å². The van der Waals surface area contributed by atoms with E-state index in [9.17, 15) is 23.2 Å². The van der Waals surface area contributed by atoms with Gasteiger partial charge in [-0.15, -0.1) is 0 Å². The fourth-order valence-corrected chi connectivity index (χ4v) is 3.21. The second kappa shape index (κ2) is 8.27. The van der Waals surface area contributed by atoms with Gasteiger partial charge in [-0.1, -0.05) is 23.7 Å². The molecule has 1 atom stereocenters. The molecule has 1 fully saturated rings. The highest BCUT2D eigenvalue weighted by Gasteiger charge is 2.49. The van der Waals surface area contributed by atoms with Gasteiger partial charge in [0.1, 0.15) is 5.54 Å². The molecule has 0 spiro atoms. The van der Waals surface area contributed by atoms with Crippen molar-refractivity contribution >= 4 is 29.3 Å². The van der Waals surface area contributed by atoms with Crippen LogP contribution in [0.5, 0.6) is 11.5 Å². The monoisotopic (exact) mass is 438 g/mol. The number of carbonyl (C=O) groups excluding carboxylic acids is 3. The number of rotatable bonds is 7. The third kappa shape index (κ3) is 4.06. The number of Topliss-reactive ketones (excluding diaryl/α,β-unsaturated/α-hetero) is 1. The predicted molar refractivity (Wildman–Crippen MR) is 103 cm³/mol. The van der Waals surface area contributed by atoms with Gasteiger partial charge in [0.2, 0.25) is 0 Å². The van der Waals surface area contributed by atoms with Gasteiger partial charge in [-0.05, 0) is 42.8 Å². The number of ether oxygens (including phenoxy) is 2. The highest BCUT2D eigenvalue weighted by molar-refractivity contribution is 6.30. The molecule has 3 rings (SSSR count). The zero-order chi connectivity index (χ0) is 22.1. The number of nitrogens with zero attached hydrogens (tertiary/aromatic N) is 1. The van der Waals surface area contributed by atoms with Crippen LogP contribution in [0.15, 0.2) is 42.5 Å². The van der Waals surface area contributed by atoms with Crippen LogP contribution in [0.25, 0.3) is 0 Å². The summed E-state index contributed by atoms with van der Waals surface area (Å²) in [5.41, 5.74) is -0.779. The highest BCUT2D eigenvalue weighted by Crippen LogP contribution is 2.32. The lowest BCUT2D eigenvalue weighted by atomic mass is 9.92. The van der Waals surface area contributed by atoms with E-state index < -0.39 is 36.4 Å². The molecule has 0 aromatic heterocycles. The second-order valence-electron chi connectivity index (χ2n) is 6.62. The van der Waals surface area contributed by atoms with Gasteiger partial charge in [-0.3, -0.25) is 14.5 Å². The van der Waals surface area contributed by atoms with Gasteiger partial charge in [0.05, 0.1) is 13.7 Å². The Morgan fingerprint density at radius 2 is 1.83 bits per heavy atom. The van der Waals surface area contributed by atoms with Crippen LogP contribution in [-0.2, 0) is 10.3 Å². The van der Waals surface area contributed by atoms with Crippen LogP contribution in [0.3, 0.4) is 0 Å². The van der Waals surface area contributed by atoms with Crippen molar-refractivity contribution in [1.29, 1.82) is 0 Å². The Balaban J connectivity index is 1.80. The second-order valence-corrected chi connectivity index (χ2v) is 7.06. The maximum atomic E-state index is 12.9. The van der Waals surface area contributed by atoms with Crippen molar-refractivity contribution in [3.63, 3.8) is 0 Å². The molecule has 2 aromatic rings. The van der Waals surface area contributed by atoms with Gasteiger partial charge in [0, 0.05) is 10.6 Å². The van der Waals surface area contributed by atoms with Gasteiger partial charge in [0.25, 0.3) is 5.91 Å². The van der Waals surface area contributed by atoms with E-state index in [1.807, 2.05) is 0 Å². The zero-order valence-electron chi connectivity index (χ0n) is 15.9. The Morgan fingerprint density at radius 3 is 2.43 bits per heavy atom. The maximum Gasteiger partial charge on any atom is 0.387 e. The quantitative estimate of drug-likeness (QED) is 0.527. The number of nitrogens with one attached hydrogen (secondary N) is 1. The van der Waals surface area contributed by atoms with E-state index in [1.54, 1.807) is 24.3 Å². The molecule has 2 aromatic carbocycles. The first-order chi connectivity index (χ1) is 14.2. The van der Waals surface area contributed by atoms with E-state index in [-0.39, 0.29) is 17.1 Å². The number of imide groups is 1. The van der Waals surface area contributed by atoms with E-state index in [1.165, 1.54) is 26.2 Å². The summed E-state index contributed by atoms with van der Waals surface area (Å²) >= 11 is 5.87. The van der Waals surface area contributed by atoms with E-state index in [0.29, 0.717) is 10.6 Å². The molecule has 0 unspecified atom stereocenters. The SMILES string of the molecule is COc1cc(C(=O)CN2C(=O)N[C@@](C)(c3ccc(Cl)cc3)C2=O)ccc1OC(F)F. The van der Waals surface area contributed by atoms with Gasteiger partial charge < -0.3 is 14.8 Å². The van der Waals surface area contributed by atoms with Crippen molar-refractivity contribution in [3.05, 3.63) is 58.6 Å². The van der Waals surface area contributed by atoms with Crippen molar-refractivity contribution in [2.45, 2.75) is 19.1 Å². The van der Waals surface area contributed by atoms with Crippen molar-refractivity contribution in [1.82, 2.24) is 10.2 Å². The van der Waals surface area contributed by atoms with Crippen molar-refractivity contribution in [3.8, 4) is 11.5 Å². The smallest absolute Gasteiger partial charge is 0.387 e. The van der Waals surface area contributed by atoms with Crippen LogP contribution in [-0.4, -0.2) is 42.9 Å². The Bertz CT molecular complexity index is 999. The Hall–Kier alpha value is -3.20. The van der Waals surface area contributed by atoms with E-state index in [2.05, 4.69) is 10.1 Å². The fourth-order valence-electron chi connectivity index (χ4n) is 3.09. The third-order valence-corrected chi connectivity index (χ3v) is 4.95. The summed E-state index contributed by atoms with van der Waals surface area (Å²) in [4.78, 5) is 38.8. The molecule has 1 N–H and O–H groups in total. The molecule has 0 aliphatic carbocycles. The van der Waals surface area contributed by atoms with Crippen molar-refractivity contribution in [2.75, 3.05) is 13.7 Å². The van der Waals surface area contributed by atoms with Crippen LogP contribution < -0.4 is 14.8 Å². The number of ketones is 1. The molecule has 1 aliphatic heterocycles. The molecule has 7 nitrogen and oxygen atoms in total. The first-order valence-corrected chi connectivity index (χ1v) is 9.09. The van der Waals surface area contributed by atoms with Gasteiger partial charge in [-0.2, -0.15) is 8.78 Å². The highest BCUT2D eigenvalue weighted by atomic mass is 35.5. The molecule has 0 bridgehead atoms. The third-order valence-electron chi connectivity index (χ3n) is 4.70. The normalized spacial score (nSPS) is 18.5. The van der Waals surface area contributed by atoms with E-state index >= 15 is 0 Å². The molecule has 30 heavy (non-hydrogen) atoms. The number of urea groups is 1. The predicted octanol–water partition coefficient (Wildman–Crippen LogP) is 3.60. The van der Waals surface area contributed by atoms with Crippen LogP contribution in [0.1, 0.15) is 22.8 Å². The van der Waals surface area contributed by atoms with Crippen LogP contribution >= 0.6 is 11.6 Å². The molecule has 3 amide bonds. The number of hydrogen-bond acceptors (Lipinski definition) is 5. The number of hydrogen-bond donors (Lipinski definition) is 1. The maximum absolute atomic E-state index is 12.9. The number of benzene rings is 2. The molecule has 158 valence electrons. The minimum absolute atomic E-state index is 0.0640. The Labute approximate surface area is 175 Å². The lowest BCUT2D eigenvalue weighted by Crippen LogP contribution is -2.41. The lowest BCUT2D eigenvalue weighted by Gasteiger charge is -2.22. The van der Waals surface area contributed by atoms with Crippen LogP contribution in [0.4, 0.5) is 13.6 Å². The summed E-state index contributed by atoms with van der Waals surface area (Å²) in [6.45, 7) is -2.07. The summed E-state index contributed by atoms with van der Waals surface area (Å²) in [6, 6.07) is 9.28. The average molecular weight is 439 g/mol. The van der Waals surface area contributed by atoms with Crippen LogP contribution in [0.2, 0.25) is 5.02 Å². The Kier molecular flexibility index (Phi) is 5.93. The average Bonchev–Trinajstić information content (AvgIpc) is 2.92. The molecule has 10 heteroatoms. The summed E-state index contributed by atoms with van der Waals surface area (Å²) in [6.07, 6.45) is 0. The number of halogens is 3. The first-order valence-electron chi connectivity index (χ1n) is 8.72. The molecule has 1 aliphatic rings. The van der Waals surface area contributed by atoms with Gasteiger partial charge >= 0.3 is 12.6 Å². The molecule has 0 saturated carbocycles. The largest absolute Gasteiger partial charge is 0.493 e.